The number of aliphatic hydroxyl groups excluding tert-OH is 1. The van der Waals surface area contributed by atoms with Crippen molar-refractivity contribution in [2.24, 2.45) is 11.8 Å². The first-order chi connectivity index (χ1) is 7.59. The van der Waals surface area contributed by atoms with E-state index in [4.69, 9.17) is 5.11 Å². The Bertz CT molecular complexity index is 290. The molecule has 0 bridgehead atoms. The van der Waals surface area contributed by atoms with Crippen molar-refractivity contribution in [3.8, 4) is 0 Å². The quantitative estimate of drug-likeness (QED) is 0.710. The number of sulfonamides is 1. The summed E-state index contributed by atoms with van der Waals surface area (Å²) in [6.07, 6.45) is 4.76. The fourth-order valence-electron chi connectivity index (χ4n) is 2.26. The van der Waals surface area contributed by atoms with Crippen LogP contribution in [-0.4, -0.2) is 32.4 Å². The van der Waals surface area contributed by atoms with Gasteiger partial charge in [0.15, 0.2) is 0 Å². The summed E-state index contributed by atoms with van der Waals surface area (Å²) in [6, 6.07) is 0. The van der Waals surface area contributed by atoms with Crippen LogP contribution < -0.4 is 4.72 Å². The summed E-state index contributed by atoms with van der Waals surface area (Å²) in [6.45, 7) is 2.66. The first-order valence-electron chi connectivity index (χ1n) is 6.17. The lowest BCUT2D eigenvalue weighted by atomic mass is 9.97. The zero-order chi connectivity index (χ0) is 12.0. The highest BCUT2D eigenvalue weighted by molar-refractivity contribution is 7.89. The predicted molar refractivity (Wildman–Crippen MR) is 64.6 cm³/mol. The first kappa shape index (κ1) is 13.9. The lowest BCUT2D eigenvalue weighted by Crippen LogP contribution is -2.33. The van der Waals surface area contributed by atoms with Gasteiger partial charge in [0.1, 0.15) is 0 Å². The molecular weight excluding hydrogens is 226 g/mol. The van der Waals surface area contributed by atoms with Crippen LogP contribution in [0.2, 0.25) is 0 Å². The van der Waals surface area contributed by atoms with E-state index in [0.29, 0.717) is 18.9 Å². The maximum absolute atomic E-state index is 11.6. The first-order valence-corrected chi connectivity index (χ1v) is 7.82. The number of aliphatic hydroxyl groups is 1. The Morgan fingerprint density at radius 3 is 2.62 bits per heavy atom. The van der Waals surface area contributed by atoms with Gasteiger partial charge in [0.25, 0.3) is 0 Å². The van der Waals surface area contributed by atoms with Crippen molar-refractivity contribution in [2.75, 3.05) is 18.9 Å². The van der Waals surface area contributed by atoms with Gasteiger partial charge < -0.3 is 5.11 Å². The Kier molecular flexibility index (Phi) is 5.72. The molecule has 0 saturated heterocycles. The number of hydrogen-bond acceptors (Lipinski definition) is 3. The van der Waals surface area contributed by atoms with Gasteiger partial charge in [0, 0.05) is 13.2 Å². The van der Waals surface area contributed by atoms with Crippen molar-refractivity contribution in [1.29, 1.82) is 0 Å². The third kappa shape index (κ3) is 4.39. The highest BCUT2D eigenvalue weighted by Gasteiger charge is 2.27. The second-order valence-electron chi connectivity index (χ2n) is 4.65. The molecule has 0 radical (unpaired) electrons. The molecule has 1 aliphatic carbocycles. The number of rotatable bonds is 7. The van der Waals surface area contributed by atoms with E-state index in [-0.39, 0.29) is 18.3 Å². The zero-order valence-corrected chi connectivity index (χ0v) is 10.8. The molecule has 0 amide bonds. The standard InChI is InChI=1S/C11H23NO3S/c1-2-3-7-16(14,15)12-8-10-5-4-6-11(10)9-13/h10-13H,2-9H2,1H3. The maximum Gasteiger partial charge on any atom is 0.211 e. The average Bonchev–Trinajstić information content (AvgIpc) is 2.71. The summed E-state index contributed by atoms with van der Waals surface area (Å²) in [4.78, 5) is 0. The van der Waals surface area contributed by atoms with E-state index in [1.165, 1.54) is 0 Å². The number of unbranched alkanes of at least 4 members (excludes halogenated alkanes) is 1. The van der Waals surface area contributed by atoms with Crippen LogP contribution in [0.1, 0.15) is 39.0 Å². The lowest BCUT2D eigenvalue weighted by molar-refractivity contribution is 0.195. The Morgan fingerprint density at radius 1 is 1.31 bits per heavy atom. The van der Waals surface area contributed by atoms with Gasteiger partial charge in [-0.05, 0) is 31.1 Å². The topological polar surface area (TPSA) is 66.4 Å². The largest absolute Gasteiger partial charge is 0.396 e. The van der Waals surface area contributed by atoms with Gasteiger partial charge in [-0.15, -0.1) is 0 Å². The molecule has 0 aliphatic heterocycles. The van der Waals surface area contributed by atoms with Crippen molar-refractivity contribution in [3.05, 3.63) is 0 Å². The fourth-order valence-corrected chi connectivity index (χ4v) is 3.54. The van der Waals surface area contributed by atoms with Gasteiger partial charge in [-0.1, -0.05) is 19.8 Å². The van der Waals surface area contributed by atoms with Gasteiger partial charge in [-0.3, -0.25) is 0 Å². The molecule has 2 unspecified atom stereocenters. The average molecular weight is 249 g/mol. The van der Waals surface area contributed by atoms with Crippen LogP contribution in [0.25, 0.3) is 0 Å². The van der Waals surface area contributed by atoms with Gasteiger partial charge in [-0.25, -0.2) is 13.1 Å². The van der Waals surface area contributed by atoms with Gasteiger partial charge in [0.2, 0.25) is 10.0 Å². The van der Waals surface area contributed by atoms with Crippen molar-refractivity contribution < 1.29 is 13.5 Å². The van der Waals surface area contributed by atoms with Crippen molar-refractivity contribution in [3.63, 3.8) is 0 Å². The van der Waals surface area contributed by atoms with Crippen molar-refractivity contribution in [1.82, 2.24) is 4.72 Å². The van der Waals surface area contributed by atoms with Gasteiger partial charge in [-0.2, -0.15) is 0 Å². The zero-order valence-electron chi connectivity index (χ0n) is 9.98. The maximum atomic E-state index is 11.6. The molecule has 96 valence electrons. The predicted octanol–water partition coefficient (Wildman–Crippen LogP) is 1.11. The van der Waals surface area contributed by atoms with Crippen molar-refractivity contribution >= 4 is 10.0 Å². The molecule has 2 N–H and O–H groups in total. The molecule has 0 aromatic carbocycles. The minimum atomic E-state index is -3.09. The van der Waals surface area contributed by atoms with Gasteiger partial charge in [0.05, 0.1) is 5.75 Å². The summed E-state index contributed by atoms with van der Waals surface area (Å²) in [5.74, 6) is 0.829. The molecule has 5 heteroatoms. The Labute approximate surface area is 98.5 Å². The Hall–Kier alpha value is -0.130. The molecule has 0 aromatic heterocycles. The molecule has 1 saturated carbocycles. The minimum Gasteiger partial charge on any atom is -0.396 e. The summed E-state index contributed by atoms with van der Waals surface area (Å²) < 4.78 is 25.8. The summed E-state index contributed by atoms with van der Waals surface area (Å²) >= 11 is 0. The van der Waals surface area contributed by atoms with Crippen LogP contribution in [0.15, 0.2) is 0 Å². The van der Waals surface area contributed by atoms with Crippen LogP contribution in [0.4, 0.5) is 0 Å². The molecule has 0 heterocycles. The summed E-state index contributed by atoms with van der Waals surface area (Å²) in [7, 11) is -3.09. The smallest absolute Gasteiger partial charge is 0.211 e. The highest BCUT2D eigenvalue weighted by atomic mass is 32.2. The van der Waals surface area contributed by atoms with E-state index < -0.39 is 10.0 Å². The fraction of sp³-hybridized carbons (Fsp3) is 1.00. The van der Waals surface area contributed by atoms with Crippen LogP contribution in [-0.2, 0) is 10.0 Å². The van der Waals surface area contributed by atoms with Crippen LogP contribution >= 0.6 is 0 Å². The molecule has 0 spiro atoms. The van der Waals surface area contributed by atoms with E-state index in [1.807, 2.05) is 6.92 Å². The SMILES string of the molecule is CCCCS(=O)(=O)NCC1CCCC1CO. The van der Waals surface area contributed by atoms with E-state index >= 15 is 0 Å². The highest BCUT2D eigenvalue weighted by Crippen LogP contribution is 2.30. The van der Waals surface area contributed by atoms with E-state index in [9.17, 15) is 8.42 Å². The van der Waals surface area contributed by atoms with E-state index in [2.05, 4.69) is 4.72 Å². The van der Waals surface area contributed by atoms with Gasteiger partial charge >= 0.3 is 0 Å². The number of hydrogen-bond donors (Lipinski definition) is 2. The van der Waals surface area contributed by atoms with E-state index in [0.717, 1.165) is 25.7 Å². The van der Waals surface area contributed by atoms with E-state index in [1.54, 1.807) is 0 Å². The molecule has 2 atom stereocenters. The lowest BCUT2D eigenvalue weighted by Gasteiger charge is -2.17. The van der Waals surface area contributed by atoms with Crippen LogP contribution in [0, 0.1) is 11.8 Å². The monoisotopic (exact) mass is 249 g/mol. The molecular formula is C11H23NO3S. The molecule has 0 aromatic rings. The van der Waals surface area contributed by atoms with Crippen molar-refractivity contribution in [2.45, 2.75) is 39.0 Å². The second kappa shape index (κ2) is 6.57. The minimum absolute atomic E-state index is 0.182. The third-order valence-electron chi connectivity index (χ3n) is 3.38. The second-order valence-corrected chi connectivity index (χ2v) is 6.58. The molecule has 1 aliphatic rings. The molecule has 4 nitrogen and oxygen atoms in total. The number of nitrogens with one attached hydrogen (secondary N) is 1. The van der Waals surface area contributed by atoms with Crippen LogP contribution in [0.5, 0.6) is 0 Å². The molecule has 1 fully saturated rings. The summed E-state index contributed by atoms with van der Waals surface area (Å²) in [5, 5.41) is 9.13. The van der Waals surface area contributed by atoms with Crippen LogP contribution in [0.3, 0.4) is 0 Å². The Balaban J connectivity index is 2.33. The molecule has 1 rings (SSSR count). The Morgan fingerprint density at radius 2 is 2.00 bits per heavy atom. The molecule has 16 heavy (non-hydrogen) atoms. The normalized spacial score (nSPS) is 26.1. The summed E-state index contributed by atoms with van der Waals surface area (Å²) in [5.41, 5.74) is 0. The third-order valence-corrected chi connectivity index (χ3v) is 4.82.